The van der Waals surface area contributed by atoms with Crippen molar-refractivity contribution in [3.63, 3.8) is 0 Å². The van der Waals surface area contributed by atoms with Crippen LogP contribution < -0.4 is 10.9 Å². The van der Waals surface area contributed by atoms with Crippen molar-refractivity contribution in [2.24, 2.45) is 0 Å². The number of furan rings is 1. The summed E-state index contributed by atoms with van der Waals surface area (Å²) < 4.78 is 7.44. The smallest absolute Gasteiger partial charge is 0.305 e. The number of hydrogen-bond acceptors (Lipinski definition) is 4. The molecule has 0 aliphatic carbocycles. The molecule has 2 amide bonds. The molecule has 0 aliphatic heterocycles. The van der Waals surface area contributed by atoms with Crippen LogP contribution in [-0.4, -0.2) is 21.6 Å². The Hall–Kier alpha value is -3.61. The number of rotatable bonds is 3. The quantitative estimate of drug-likeness (QED) is 0.538. The number of aromatic nitrogens is 2. The van der Waals surface area contributed by atoms with Gasteiger partial charge in [0.15, 0.2) is 5.76 Å². The molecule has 0 aliphatic rings. The van der Waals surface area contributed by atoms with Crippen molar-refractivity contribution >= 4 is 33.6 Å². The van der Waals surface area contributed by atoms with Gasteiger partial charge in [-0.15, -0.1) is 0 Å². The van der Waals surface area contributed by atoms with E-state index in [2.05, 4.69) is 16.0 Å². The maximum Gasteiger partial charge on any atom is 0.305 e. The zero-order chi connectivity index (χ0) is 19.8. The number of hydrazine groups is 1. The molecule has 0 saturated heterocycles. The van der Waals surface area contributed by atoms with Crippen LogP contribution in [-0.2, 0) is 11.3 Å². The summed E-state index contributed by atoms with van der Waals surface area (Å²) in [6.45, 7) is 5.57. The zero-order valence-electron chi connectivity index (χ0n) is 15.9. The van der Waals surface area contributed by atoms with Crippen LogP contribution in [0.25, 0.3) is 21.7 Å². The molecule has 0 atom stereocenters. The van der Waals surface area contributed by atoms with Gasteiger partial charge >= 0.3 is 5.91 Å². The number of amides is 2. The lowest BCUT2D eigenvalue weighted by Crippen LogP contribution is -2.43. The predicted octanol–water partition coefficient (Wildman–Crippen LogP) is 3.17. The van der Waals surface area contributed by atoms with Gasteiger partial charge in [-0.1, -0.05) is 36.4 Å². The topological polar surface area (TPSA) is 89.2 Å². The third kappa shape index (κ3) is 3.11. The van der Waals surface area contributed by atoms with Gasteiger partial charge in [0.25, 0.3) is 5.91 Å². The van der Waals surface area contributed by atoms with Gasteiger partial charge in [0, 0.05) is 22.0 Å². The molecule has 28 heavy (non-hydrogen) atoms. The average molecular weight is 376 g/mol. The Morgan fingerprint density at radius 1 is 1.04 bits per heavy atom. The zero-order valence-corrected chi connectivity index (χ0v) is 15.9. The highest BCUT2D eigenvalue weighted by Crippen LogP contribution is 2.31. The van der Waals surface area contributed by atoms with Gasteiger partial charge in [-0.25, -0.2) is 0 Å². The van der Waals surface area contributed by atoms with E-state index in [1.807, 2.05) is 63.2 Å². The molecule has 0 unspecified atom stereocenters. The molecule has 2 N–H and O–H groups in total. The van der Waals surface area contributed by atoms with Crippen LogP contribution in [0.1, 0.15) is 27.5 Å². The van der Waals surface area contributed by atoms with Crippen molar-refractivity contribution in [1.82, 2.24) is 20.6 Å². The Labute approximate surface area is 161 Å². The van der Waals surface area contributed by atoms with Crippen molar-refractivity contribution < 1.29 is 14.0 Å². The first kappa shape index (κ1) is 17.8. The first-order valence-electron chi connectivity index (χ1n) is 8.95. The van der Waals surface area contributed by atoms with E-state index in [1.165, 1.54) is 0 Å². The number of aryl methyl sites for hydroxylation is 3. The first-order valence-corrected chi connectivity index (χ1v) is 8.95. The van der Waals surface area contributed by atoms with Crippen molar-refractivity contribution in [2.45, 2.75) is 27.3 Å². The number of carbonyl (C=O) groups is 2. The highest BCUT2D eigenvalue weighted by molar-refractivity contribution is 6.09. The molecule has 7 heteroatoms. The van der Waals surface area contributed by atoms with Crippen molar-refractivity contribution in [2.75, 3.05) is 0 Å². The third-order valence-electron chi connectivity index (χ3n) is 4.75. The summed E-state index contributed by atoms with van der Waals surface area (Å²) in [6.07, 6.45) is 0. The highest BCUT2D eigenvalue weighted by atomic mass is 16.3. The average Bonchev–Trinajstić information content (AvgIpc) is 3.18. The minimum absolute atomic E-state index is 0.0176. The highest BCUT2D eigenvalue weighted by Gasteiger charge is 2.19. The van der Waals surface area contributed by atoms with Gasteiger partial charge in [0.1, 0.15) is 12.1 Å². The van der Waals surface area contributed by atoms with Crippen LogP contribution in [0.5, 0.6) is 0 Å². The molecule has 0 radical (unpaired) electrons. The van der Waals surface area contributed by atoms with Gasteiger partial charge in [-0.2, -0.15) is 5.10 Å². The van der Waals surface area contributed by atoms with Crippen LogP contribution >= 0.6 is 0 Å². The van der Waals surface area contributed by atoms with E-state index in [-0.39, 0.29) is 18.2 Å². The van der Waals surface area contributed by atoms with Crippen molar-refractivity contribution in [3.8, 4) is 0 Å². The monoisotopic (exact) mass is 376 g/mol. The molecule has 7 nitrogen and oxygen atoms in total. The summed E-state index contributed by atoms with van der Waals surface area (Å²) in [4.78, 5) is 24.7. The van der Waals surface area contributed by atoms with E-state index in [1.54, 1.807) is 4.68 Å². The number of fused-ring (bicyclic) bond motifs is 3. The van der Waals surface area contributed by atoms with Gasteiger partial charge < -0.3 is 4.42 Å². The third-order valence-corrected chi connectivity index (χ3v) is 4.75. The molecular weight excluding hydrogens is 356 g/mol. The number of carbonyl (C=O) groups excluding carboxylic acids is 2. The van der Waals surface area contributed by atoms with Crippen LogP contribution in [0.4, 0.5) is 0 Å². The maximum absolute atomic E-state index is 12.6. The molecule has 142 valence electrons. The molecule has 0 fully saturated rings. The fourth-order valence-electron chi connectivity index (χ4n) is 3.36. The van der Waals surface area contributed by atoms with Gasteiger partial charge in [0.2, 0.25) is 0 Å². The summed E-state index contributed by atoms with van der Waals surface area (Å²) >= 11 is 0. The lowest BCUT2D eigenvalue weighted by Gasteiger charge is -2.07. The molecule has 0 spiro atoms. The van der Waals surface area contributed by atoms with Crippen LogP contribution in [0.3, 0.4) is 0 Å². The predicted molar refractivity (Wildman–Crippen MR) is 106 cm³/mol. The van der Waals surface area contributed by atoms with Crippen LogP contribution in [0.2, 0.25) is 0 Å². The fraction of sp³-hybridized carbons (Fsp3) is 0.190. The Bertz CT molecular complexity index is 1220. The normalized spacial score (nSPS) is 11.1. The summed E-state index contributed by atoms with van der Waals surface area (Å²) in [5.41, 5.74) is 7.93. The summed E-state index contributed by atoms with van der Waals surface area (Å²) in [5.74, 6) is -0.698. The minimum Gasteiger partial charge on any atom is -0.450 e. The number of nitrogens with one attached hydrogen (secondary N) is 2. The van der Waals surface area contributed by atoms with E-state index >= 15 is 0 Å². The number of nitrogens with zero attached hydrogens (tertiary/aromatic N) is 2. The summed E-state index contributed by atoms with van der Waals surface area (Å²) in [5, 5.41) is 7.08. The van der Waals surface area contributed by atoms with Crippen LogP contribution in [0.15, 0.2) is 46.9 Å². The van der Waals surface area contributed by atoms with E-state index in [0.29, 0.717) is 5.58 Å². The Kier molecular flexibility index (Phi) is 4.35. The Morgan fingerprint density at radius 3 is 2.57 bits per heavy atom. The van der Waals surface area contributed by atoms with E-state index < -0.39 is 5.91 Å². The first-order chi connectivity index (χ1) is 13.4. The molecule has 2 heterocycles. The lowest BCUT2D eigenvalue weighted by molar-refractivity contribution is -0.122. The summed E-state index contributed by atoms with van der Waals surface area (Å²) in [6, 6.07) is 13.7. The Balaban J connectivity index is 1.52. The minimum atomic E-state index is -0.500. The second-order valence-electron chi connectivity index (χ2n) is 6.81. The van der Waals surface area contributed by atoms with Crippen LogP contribution in [0, 0.1) is 20.8 Å². The molecular formula is C21H20N4O3. The number of benzene rings is 2. The van der Waals surface area contributed by atoms with E-state index in [0.717, 1.165) is 33.1 Å². The molecule has 4 rings (SSSR count). The van der Waals surface area contributed by atoms with E-state index in [4.69, 9.17) is 4.42 Å². The lowest BCUT2D eigenvalue weighted by atomic mass is 10.1. The number of hydrogen-bond donors (Lipinski definition) is 2. The van der Waals surface area contributed by atoms with Crippen molar-refractivity contribution in [3.05, 3.63) is 65.2 Å². The molecule has 4 aromatic rings. The molecule has 2 aromatic carbocycles. The summed E-state index contributed by atoms with van der Waals surface area (Å²) in [7, 11) is 0. The van der Waals surface area contributed by atoms with Crippen molar-refractivity contribution in [1.29, 1.82) is 0 Å². The molecule has 2 aromatic heterocycles. The fourth-order valence-corrected chi connectivity index (χ4v) is 3.36. The largest absolute Gasteiger partial charge is 0.450 e. The maximum atomic E-state index is 12.6. The van der Waals surface area contributed by atoms with Gasteiger partial charge in [0.05, 0.1) is 5.69 Å². The SMILES string of the molecule is Cc1cc(C)n(CC(=O)NNC(=O)c2oc3c(ccc4ccccc43)c2C)n1. The Morgan fingerprint density at radius 2 is 1.82 bits per heavy atom. The van der Waals surface area contributed by atoms with E-state index in [9.17, 15) is 9.59 Å². The molecule has 0 saturated carbocycles. The molecule has 0 bridgehead atoms. The standard InChI is InChI=1S/C21H20N4O3/c1-12-10-13(2)25(24-12)11-18(26)22-23-21(27)19-14(3)16-9-8-15-6-4-5-7-17(15)20(16)28-19/h4-10H,11H2,1-3H3,(H,22,26)(H,23,27). The second kappa shape index (κ2) is 6.84. The van der Waals surface area contributed by atoms with Gasteiger partial charge in [-0.3, -0.25) is 25.1 Å². The second-order valence-corrected chi connectivity index (χ2v) is 6.81. The van der Waals surface area contributed by atoms with Gasteiger partial charge in [-0.05, 0) is 32.2 Å².